The number of nitrogens with zero attached hydrogens (tertiary/aromatic N) is 2. The van der Waals surface area contributed by atoms with E-state index in [2.05, 4.69) is 10.3 Å². The van der Waals surface area contributed by atoms with Crippen LogP contribution in [-0.2, 0) is 18.3 Å². The monoisotopic (exact) mass is 229 g/mol. The normalized spacial score (nSPS) is 21.1. The number of aromatic nitrogens is 2. The van der Waals surface area contributed by atoms with E-state index >= 15 is 0 Å². The molecular weight excluding hydrogens is 214 g/mol. The van der Waals surface area contributed by atoms with Gasteiger partial charge in [-0.1, -0.05) is 11.6 Å². The Morgan fingerprint density at radius 1 is 1.73 bits per heavy atom. The standard InChI is InChI=1S/C10H16ClN3O/c1-14-9(11)6-13-10(14)7-12-5-8-3-2-4-15-8/h6,8,12H,2-5,7H2,1H3. The third kappa shape index (κ3) is 2.71. The summed E-state index contributed by atoms with van der Waals surface area (Å²) >= 11 is 5.88. The van der Waals surface area contributed by atoms with E-state index < -0.39 is 0 Å². The number of nitrogens with one attached hydrogen (secondary N) is 1. The molecule has 2 rings (SSSR count). The lowest BCUT2D eigenvalue weighted by molar-refractivity contribution is 0.109. The van der Waals surface area contributed by atoms with E-state index in [4.69, 9.17) is 16.3 Å². The van der Waals surface area contributed by atoms with Crippen molar-refractivity contribution in [2.24, 2.45) is 7.05 Å². The average Bonchev–Trinajstić information content (AvgIpc) is 2.83. The lowest BCUT2D eigenvalue weighted by atomic mass is 10.2. The fourth-order valence-corrected chi connectivity index (χ4v) is 1.89. The van der Waals surface area contributed by atoms with Crippen LogP contribution in [0.5, 0.6) is 0 Å². The Morgan fingerprint density at radius 2 is 2.60 bits per heavy atom. The van der Waals surface area contributed by atoms with Gasteiger partial charge in [-0.05, 0) is 12.8 Å². The first-order valence-electron chi connectivity index (χ1n) is 5.26. The van der Waals surface area contributed by atoms with Gasteiger partial charge in [-0.15, -0.1) is 0 Å². The van der Waals surface area contributed by atoms with Crippen LogP contribution in [0.15, 0.2) is 6.20 Å². The maximum absolute atomic E-state index is 5.88. The predicted octanol–water partition coefficient (Wildman–Crippen LogP) is 1.34. The molecule has 1 aromatic rings. The zero-order valence-corrected chi connectivity index (χ0v) is 9.63. The van der Waals surface area contributed by atoms with Crippen LogP contribution < -0.4 is 5.32 Å². The van der Waals surface area contributed by atoms with E-state index in [1.807, 2.05) is 11.6 Å². The molecule has 0 amide bonds. The fraction of sp³-hybridized carbons (Fsp3) is 0.700. The largest absolute Gasteiger partial charge is 0.377 e. The summed E-state index contributed by atoms with van der Waals surface area (Å²) in [6.45, 7) is 2.54. The van der Waals surface area contributed by atoms with E-state index in [1.54, 1.807) is 6.20 Å². The van der Waals surface area contributed by atoms with Crippen molar-refractivity contribution in [3.8, 4) is 0 Å². The van der Waals surface area contributed by atoms with Gasteiger partial charge in [0.05, 0.1) is 18.8 Å². The van der Waals surface area contributed by atoms with Crippen LogP contribution in [0.25, 0.3) is 0 Å². The molecule has 0 aromatic carbocycles. The molecular formula is C10H16ClN3O. The molecule has 1 N–H and O–H groups in total. The Kier molecular flexibility index (Phi) is 3.61. The Morgan fingerprint density at radius 3 is 3.20 bits per heavy atom. The molecule has 1 unspecified atom stereocenters. The summed E-state index contributed by atoms with van der Waals surface area (Å²) in [5.74, 6) is 0.956. The van der Waals surface area contributed by atoms with Crippen LogP contribution >= 0.6 is 11.6 Å². The quantitative estimate of drug-likeness (QED) is 0.847. The molecule has 0 spiro atoms. The van der Waals surface area contributed by atoms with Gasteiger partial charge in [-0.25, -0.2) is 4.98 Å². The topological polar surface area (TPSA) is 39.1 Å². The van der Waals surface area contributed by atoms with Crippen molar-refractivity contribution >= 4 is 11.6 Å². The summed E-state index contributed by atoms with van der Waals surface area (Å²) in [5, 5.41) is 4.00. The molecule has 1 saturated heterocycles. The third-order valence-electron chi connectivity index (χ3n) is 2.71. The molecule has 84 valence electrons. The Hall–Kier alpha value is -0.580. The summed E-state index contributed by atoms with van der Waals surface area (Å²) in [5.41, 5.74) is 0. The van der Waals surface area contributed by atoms with Gasteiger partial charge in [0, 0.05) is 20.2 Å². The molecule has 1 aromatic heterocycles. The minimum absolute atomic E-state index is 0.376. The highest BCUT2D eigenvalue weighted by atomic mass is 35.5. The summed E-state index contributed by atoms with van der Waals surface area (Å²) in [4.78, 5) is 4.21. The second-order valence-electron chi connectivity index (χ2n) is 3.82. The summed E-state index contributed by atoms with van der Waals surface area (Å²) in [7, 11) is 1.92. The molecule has 5 heteroatoms. The molecule has 0 radical (unpaired) electrons. The van der Waals surface area contributed by atoms with Gasteiger partial charge in [-0.2, -0.15) is 0 Å². The van der Waals surface area contributed by atoms with Gasteiger partial charge >= 0.3 is 0 Å². The molecule has 0 saturated carbocycles. The van der Waals surface area contributed by atoms with E-state index in [1.165, 1.54) is 6.42 Å². The molecule has 1 fully saturated rings. The van der Waals surface area contributed by atoms with Gasteiger partial charge < -0.3 is 14.6 Å². The lowest BCUT2D eigenvalue weighted by Gasteiger charge is -2.10. The maximum atomic E-state index is 5.88. The summed E-state index contributed by atoms with van der Waals surface area (Å²) in [6.07, 6.45) is 4.39. The minimum Gasteiger partial charge on any atom is -0.377 e. The van der Waals surface area contributed by atoms with Crippen LogP contribution in [0.3, 0.4) is 0 Å². The average molecular weight is 230 g/mol. The molecule has 0 aliphatic carbocycles. The number of halogens is 1. The molecule has 1 aliphatic rings. The minimum atomic E-state index is 0.376. The van der Waals surface area contributed by atoms with Gasteiger partial charge in [-0.3, -0.25) is 0 Å². The van der Waals surface area contributed by atoms with Crippen LogP contribution in [0.1, 0.15) is 18.7 Å². The Labute approximate surface area is 94.6 Å². The highest BCUT2D eigenvalue weighted by Crippen LogP contribution is 2.11. The summed E-state index contributed by atoms with van der Waals surface area (Å²) < 4.78 is 7.39. The van der Waals surface area contributed by atoms with Crippen molar-refractivity contribution in [3.63, 3.8) is 0 Å². The molecule has 1 aliphatic heterocycles. The molecule has 2 heterocycles. The van der Waals surface area contributed by atoms with Crippen molar-refractivity contribution in [3.05, 3.63) is 17.2 Å². The number of hydrogen-bond acceptors (Lipinski definition) is 3. The zero-order valence-electron chi connectivity index (χ0n) is 8.87. The van der Waals surface area contributed by atoms with Crippen LogP contribution in [0, 0.1) is 0 Å². The van der Waals surface area contributed by atoms with E-state index in [-0.39, 0.29) is 0 Å². The Bertz CT molecular complexity index is 320. The Balaban J connectivity index is 1.75. The molecule has 0 bridgehead atoms. The predicted molar refractivity (Wildman–Crippen MR) is 58.9 cm³/mol. The zero-order chi connectivity index (χ0) is 10.7. The number of ether oxygens (including phenoxy) is 1. The van der Waals surface area contributed by atoms with Gasteiger partial charge in [0.15, 0.2) is 0 Å². The first-order chi connectivity index (χ1) is 7.27. The highest BCUT2D eigenvalue weighted by Gasteiger charge is 2.14. The number of rotatable bonds is 4. The SMILES string of the molecule is Cn1c(Cl)cnc1CNCC1CCCO1. The van der Waals surface area contributed by atoms with Crippen molar-refractivity contribution < 1.29 is 4.74 Å². The number of hydrogen-bond donors (Lipinski definition) is 1. The fourth-order valence-electron chi connectivity index (χ4n) is 1.74. The van der Waals surface area contributed by atoms with Gasteiger partial charge in [0.25, 0.3) is 0 Å². The smallest absolute Gasteiger partial charge is 0.128 e. The second-order valence-corrected chi connectivity index (χ2v) is 4.21. The van der Waals surface area contributed by atoms with Crippen LogP contribution in [0.4, 0.5) is 0 Å². The molecule has 1 atom stereocenters. The molecule has 4 nitrogen and oxygen atoms in total. The molecule has 15 heavy (non-hydrogen) atoms. The van der Waals surface area contributed by atoms with E-state index in [9.17, 15) is 0 Å². The van der Waals surface area contributed by atoms with Crippen LogP contribution in [0.2, 0.25) is 5.15 Å². The van der Waals surface area contributed by atoms with Gasteiger partial charge in [0.2, 0.25) is 0 Å². The van der Waals surface area contributed by atoms with E-state index in [0.717, 1.165) is 31.9 Å². The first kappa shape index (κ1) is 10.9. The lowest BCUT2D eigenvalue weighted by Crippen LogP contribution is -2.26. The highest BCUT2D eigenvalue weighted by molar-refractivity contribution is 6.29. The van der Waals surface area contributed by atoms with Crippen molar-refractivity contribution in [1.29, 1.82) is 0 Å². The first-order valence-corrected chi connectivity index (χ1v) is 5.63. The van der Waals surface area contributed by atoms with Crippen LogP contribution in [-0.4, -0.2) is 28.8 Å². The van der Waals surface area contributed by atoms with Crippen molar-refractivity contribution in [1.82, 2.24) is 14.9 Å². The van der Waals surface area contributed by atoms with Crippen molar-refractivity contribution in [2.45, 2.75) is 25.5 Å². The summed E-state index contributed by atoms with van der Waals surface area (Å²) in [6, 6.07) is 0. The third-order valence-corrected chi connectivity index (χ3v) is 3.06. The van der Waals surface area contributed by atoms with Gasteiger partial charge in [0.1, 0.15) is 11.0 Å². The van der Waals surface area contributed by atoms with Crippen molar-refractivity contribution in [2.75, 3.05) is 13.2 Å². The van der Waals surface area contributed by atoms with E-state index in [0.29, 0.717) is 11.3 Å². The number of imidazole rings is 1. The second kappa shape index (κ2) is 4.96. The maximum Gasteiger partial charge on any atom is 0.128 e.